The van der Waals surface area contributed by atoms with Gasteiger partial charge < -0.3 is 9.57 Å². The molecule has 0 bridgehead atoms. The molecule has 0 aliphatic carbocycles. The van der Waals surface area contributed by atoms with Gasteiger partial charge >= 0.3 is 0 Å². The zero-order valence-electron chi connectivity index (χ0n) is 9.57. The average Bonchev–Trinajstić information content (AvgIpc) is 2.35. The van der Waals surface area contributed by atoms with E-state index in [-0.39, 0.29) is 0 Å². The fraction of sp³-hybridized carbons (Fsp3) is 0.231. The minimum atomic E-state index is 0.461. The van der Waals surface area contributed by atoms with Crippen molar-refractivity contribution in [3.05, 3.63) is 40.9 Å². The molecule has 4 heteroatoms. The van der Waals surface area contributed by atoms with Gasteiger partial charge in [-0.2, -0.15) is 0 Å². The second-order valence-corrected chi connectivity index (χ2v) is 4.21. The molecule has 0 saturated heterocycles. The topological polar surface area (TPSA) is 44.5 Å². The maximum atomic E-state index is 5.97. The van der Waals surface area contributed by atoms with Crippen LogP contribution in [-0.2, 0) is 11.3 Å². The van der Waals surface area contributed by atoms with Gasteiger partial charge in [0, 0.05) is 11.4 Å². The molecule has 2 N–H and O–H groups in total. The van der Waals surface area contributed by atoms with Gasteiger partial charge in [-0.05, 0) is 40.6 Å². The van der Waals surface area contributed by atoms with Crippen LogP contribution in [0, 0.1) is 0 Å². The van der Waals surface area contributed by atoms with Crippen molar-refractivity contribution in [1.29, 1.82) is 0 Å². The first-order chi connectivity index (χ1) is 8.24. The number of hydrogen-bond donors (Lipinski definition) is 1. The standard InChI is InChI=1S/C13H14ClNO2/c1-16-13-8-9-2-3-12(14)7-11(9)6-10(13)4-5-17-15/h2-3,6-8H,4-5,15H2,1H3. The molecule has 0 amide bonds. The molecule has 3 nitrogen and oxygen atoms in total. The molecule has 0 saturated carbocycles. The number of hydrogen-bond acceptors (Lipinski definition) is 3. The largest absolute Gasteiger partial charge is 0.496 e. The predicted octanol–water partition coefficient (Wildman–Crippen LogP) is 2.93. The van der Waals surface area contributed by atoms with Crippen molar-refractivity contribution in [3.63, 3.8) is 0 Å². The number of ether oxygens (including phenoxy) is 1. The Hall–Kier alpha value is -1.29. The first-order valence-electron chi connectivity index (χ1n) is 5.32. The van der Waals surface area contributed by atoms with Crippen LogP contribution in [0.4, 0.5) is 0 Å². The second-order valence-electron chi connectivity index (χ2n) is 3.78. The van der Waals surface area contributed by atoms with E-state index < -0.39 is 0 Å². The molecule has 90 valence electrons. The van der Waals surface area contributed by atoms with Crippen LogP contribution in [0.25, 0.3) is 10.8 Å². The van der Waals surface area contributed by atoms with E-state index in [1.807, 2.05) is 24.3 Å². The summed E-state index contributed by atoms with van der Waals surface area (Å²) < 4.78 is 5.35. The van der Waals surface area contributed by atoms with E-state index >= 15 is 0 Å². The van der Waals surface area contributed by atoms with E-state index in [0.717, 1.165) is 27.1 Å². The quantitative estimate of drug-likeness (QED) is 0.850. The van der Waals surface area contributed by atoms with Gasteiger partial charge in [-0.1, -0.05) is 17.7 Å². The lowest BCUT2D eigenvalue weighted by Crippen LogP contribution is -2.04. The van der Waals surface area contributed by atoms with E-state index in [2.05, 4.69) is 10.9 Å². The van der Waals surface area contributed by atoms with E-state index in [1.165, 1.54) is 0 Å². The summed E-state index contributed by atoms with van der Waals surface area (Å²) in [7, 11) is 1.66. The van der Waals surface area contributed by atoms with Crippen LogP contribution in [0.1, 0.15) is 5.56 Å². The number of benzene rings is 2. The second kappa shape index (κ2) is 5.36. The smallest absolute Gasteiger partial charge is 0.122 e. The molecular formula is C13H14ClNO2. The molecule has 0 atom stereocenters. The first-order valence-corrected chi connectivity index (χ1v) is 5.70. The fourth-order valence-electron chi connectivity index (χ4n) is 1.85. The summed E-state index contributed by atoms with van der Waals surface area (Å²) in [5.41, 5.74) is 1.06. The molecule has 0 aromatic heterocycles. The summed E-state index contributed by atoms with van der Waals surface area (Å²) in [5.74, 6) is 5.89. The molecule has 2 aromatic carbocycles. The molecular weight excluding hydrogens is 238 g/mol. The zero-order valence-corrected chi connectivity index (χ0v) is 10.3. The molecule has 2 rings (SSSR count). The monoisotopic (exact) mass is 251 g/mol. The lowest BCUT2D eigenvalue weighted by atomic mass is 10.0. The molecule has 2 aromatic rings. The van der Waals surface area contributed by atoms with Gasteiger partial charge in [-0.3, -0.25) is 0 Å². The molecule has 0 radical (unpaired) electrons. The number of rotatable bonds is 4. The lowest BCUT2D eigenvalue weighted by Gasteiger charge is -2.10. The fourth-order valence-corrected chi connectivity index (χ4v) is 2.03. The summed E-state index contributed by atoms with van der Waals surface area (Å²) >= 11 is 5.97. The highest BCUT2D eigenvalue weighted by molar-refractivity contribution is 6.31. The van der Waals surface area contributed by atoms with Gasteiger partial charge in [0.15, 0.2) is 0 Å². The van der Waals surface area contributed by atoms with Crippen LogP contribution in [0.5, 0.6) is 5.75 Å². The Kier molecular flexibility index (Phi) is 3.84. The molecule has 17 heavy (non-hydrogen) atoms. The molecule has 0 fully saturated rings. The van der Waals surface area contributed by atoms with Gasteiger partial charge in [-0.25, -0.2) is 5.90 Å². The highest BCUT2D eigenvalue weighted by atomic mass is 35.5. The number of fused-ring (bicyclic) bond motifs is 1. The van der Waals surface area contributed by atoms with E-state index in [9.17, 15) is 0 Å². The first kappa shape index (κ1) is 12.2. The molecule has 0 spiro atoms. The van der Waals surface area contributed by atoms with Crippen LogP contribution >= 0.6 is 11.6 Å². The predicted molar refractivity (Wildman–Crippen MR) is 69.4 cm³/mol. The third kappa shape index (κ3) is 2.69. The molecule has 0 unspecified atom stereocenters. The Bertz CT molecular complexity index is 528. The van der Waals surface area contributed by atoms with Crippen molar-refractivity contribution in [3.8, 4) is 5.75 Å². The number of nitrogens with two attached hydrogens (primary N) is 1. The summed E-state index contributed by atoms with van der Waals surface area (Å²) in [4.78, 5) is 4.60. The SMILES string of the molecule is COc1cc2ccc(Cl)cc2cc1CCON. The van der Waals surface area contributed by atoms with Gasteiger partial charge in [0.25, 0.3) is 0 Å². The van der Waals surface area contributed by atoms with E-state index in [0.29, 0.717) is 13.0 Å². The summed E-state index contributed by atoms with van der Waals surface area (Å²) in [6.45, 7) is 0.461. The Balaban J connectivity index is 2.49. The molecule has 0 heterocycles. The number of halogens is 1. The molecule has 0 aliphatic rings. The van der Waals surface area contributed by atoms with Gasteiger partial charge in [0.1, 0.15) is 5.75 Å². The maximum Gasteiger partial charge on any atom is 0.122 e. The highest BCUT2D eigenvalue weighted by Gasteiger charge is 2.06. The zero-order chi connectivity index (χ0) is 12.3. The van der Waals surface area contributed by atoms with Crippen molar-refractivity contribution in [2.45, 2.75) is 6.42 Å². The summed E-state index contributed by atoms with van der Waals surface area (Å²) in [5, 5.41) is 2.91. The summed E-state index contributed by atoms with van der Waals surface area (Å²) in [6, 6.07) is 9.83. The minimum absolute atomic E-state index is 0.461. The molecule has 0 aliphatic heterocycles. The van der Waals surface area contributed by atoms with Crippen LogP contribution in [-0.4, -0.2) is 13.7 Å². The van der Waals surface area contributed by atoms with Crippen molar-refractivity contribution in [2.75, 3.05) is 13.7 Å². The van der Waals surface area contributed by atoms with Crippen LogP contribution in [0.3, 0.4) is 0 Å². The average molecular weight is 252 g/mol. The third-order valence-corrected chi connectivity index (χ3v) is 2.93. The Morgan fingerprint density at radius 3 is 2.71 bits per heavy atom. The highest BCUT2D eigenvalue weighted by Crippen LogP contribution is 2.28. The van der Waals surface area contributed by atoms with E-state index in [4.69, 9.17) is 22.2 Å². The minimum Gasteiger partial charge on any atom is -0.496 e. The lowest BCUT2D eigenvalue weighted by molar-refractivity contribution is 0.140. The van der Waals surface area contributed by atoms with Gasteiger partial charge in [0.05, 0.1) is 13.7 Å². The summed E-state index contributed by atoms with van der Waals surface area (Å²) in [6.07, 6.45) is 0.710. The maximum absolute atomic E-state index is 5.97. The Labute approximate surface area is 105 Å². The van der Waals surface area contributed by atoms with Gasteiger partial charge in [-0.15, -0.1) is 0 Å². The number of methoxy groups -OCH3 is 1. The van der Waals surface area contributed by atoms with Crippen molar-refractivity contribution in [1.82, 2.24) is 0 Å². The van der Waals surface area contributed by atoms with Crippen LogP contribution in [0.15, 0.2) is 30.3 Å². The van der Waals surface area contributed by atoms with Crippen molar-refractivity contribution < 1.29 is 9.57 Å². The normalized spacial score (nSPS) is 10.8. The third-order valence-electron chi connectivity index (χ3n) is 2.69. The Morgan fingerprint density at radius 1 is 1.18 bits per heavy atom. The van der Waals surface area contributed by atoms with Crippen LogP contribution < -0.4 is 10.6 Å². The Morgan fingerprint density at radius 2 is 2.00 bits per heavy atom. The van der Waals surface area contributed by atoms with E-state index in [1.54, 1.807) is 7.11 Å². The van der Waals surface area contributed by atoms with Crippen LogP contribution in [0.2, 0.25) is 5.02 Å². The van der Waals surface area contributed by atoms with Crippen molar-refractivity contribution >= 4 is 22.4 Å². The van der Waals surface area contributed by atoms with Gasteiger partial charge in [0.2, 0.25) is 0 Å². The van der Waals surface area contributed by atoms with Crippen molar-refractivity contribution in [2.24, 2.45) is 5.90 Å².